The minimum Gasteiger partial charge on any atom is -0.316 e. The molecular formula is C18H36N2. The van der Waals surface area contributed by atoms with Crippen molar-refractivity contribution >= 4 is 0 Å². The van der Waals surface area contributed by atoms with Crippen LogP contribution in [0.2, 0.25) is 0 Å². The Morgan fingerprint density at radius 2 is 1.35 bits per heavy atom. The number of hydrogen-bond donors (Lipinski definition) is 1. The first-order chi connectivity index (χ1) is 9.85. The Hall–Kier alpha value is -0.0800. The van der Waals surface area contributed by atoms with Gasteiger partial charge in [-0.05, 0) is 50.7 Å². The summed E-state index contributed by atoms with van der Waals surface area (Å²) in [6.45, 7) is 8.70. The van der Waals surface area contributed by atoms with E-state index in [0.717, 1.165) is 6.54 Å². The molecule has 1 saturated heterocycles. The molecule has 1 aliphatic heterocycles. The van der Waals surface area contributed by atoms with E-state index in [0.29, 0.717) is 5.41 Å². The molecule has 0 bridgehead atoms. The van der Waals surface area contributed by atoms with Gasteiger partial charge in [-0.25, -0.2) is 0 Å². The molecule has 2 heteroatoms. The van der Waals surface area contributed by atoms with E-state index in [1.807, 2.05) is 0 Å². The van der Waals surface area contributed by atoms with Crippen molar-refractivity contribution < 1.29 is 0 Å². The van der Waals surface area contributed by atoms with Crippen LogP contribution >= 0.6 is 0 Å². The zero-order valence-corrected chi connectivity index (χ0v) is 13.8. The molecule has 118 valence electrons. The Labute approximate surface area is 126 Å². The molecular weight excluding hydrogens is 244 g/mol. The normalized spacial score (nSPS) is 25.6. The van der Waals surface area contributed by atoms with Crippen LogP contribution < -0.4 is 5.32 Å². The first-order valence-electron chi connectivity index (χ1n) is 9.28. The van der Waals surface area contributed by atoms with Crippen molar-refractivity contribution in [3.63, 3.8) is 0 Å². The number of rotatable bonds is 5. The second kappa shape index (κ2) is 9.04. The molecule has 0 amide bonds. The molecule has 1 heterocycles. The molecule has 0 unspecified atom stereocenters. The zero-order chi connectivity index (χ0) is 14.1. The lowest BCUT2D eigenvalue weighted by atomic mass is 9.79. The van der Waals surface area contributed by atoms with Gasteiger partial charge < -0.3 is 10.2 Å². The quantitative estimate of drug-likeness (QED) is 0.759. The molecule has 20 heavy (non-hydrogen) atoms. The van der Waals surface area contributed by atoms with E-state index in [1.165, 1.54) is 96.8 Å². The van der Waals surface area contributed by atoms with Gasteiger partial charge in [0.25, 0.3) is 0 Å². The number of nitrogens with zero attached hydrogens (tertiary/aromatic N) is 1. The van der Waals surface area contributed by atoms with Gasteiger partial charge in [0, 0.05) is 13.1 Å². The molecule has 1 aliphatic carbocycles. The van der Waals surface area contributed by atoms with Crippen LogP contribution in [0.1, 0.15) is 77.6 Å². The molecule has 2 aliphatic rings. The maximum absolute atomic E-state index is 3.68. The molecule has 2 nitrogen and oxygen atoms in total. The average molecular weight is 280 g/mol. The Morgan fingerprint density at radius 1 is 0.800 bits per heavy atom. The lowest BCUT2D eigenvalue weighted by molar-refractivity contribution is 0.119. The minimum absolute atomic E-state index is 0.575. The highest BCUT2D eigenvalue weighted by Crippen LogP contribution is 2.35. The first-order valence-corrected chi connectivity index (χ1v) is 9.28. The van der Waals surface area contributed by atoms with Crippen LogP contribution in [0.5, 0.6) is 0 Å². The third kappa shape index (κ3) is 5.37. The smallest absolute Gasteiger partial charge is 0.00501 e. The van der Waals surface area contributed by atoms with Crippen molar-refractivity contribution in [2.75, 3.05) is 32.7 Å². The second-order valence-electron chi connectivity index (χ2n) is 7.24. The maximum atomic E-state index is 3.68. The topological polar surface area (TPSA) is 15.3 Å². The van der Waals surface area contributed by atoms with Gasteiger partial charge in [-0.15, -0.1) is 0 Å². The highest BCUT2D eigenvalue weighted by Gasteiger charge is 2.32. The molecule has 0 spiro atoms. The molecule has 0 aromatic heterocycles. The lowest BCUT2D eigenvalue weighted by Crippen LogP contribution is -2.45. The predicted octanol–water partition coefficient (Wildman–Crippen LogP) is 4.20. The van der Waals surface area contributed by atoms with Crippen molar-refractivity contribution in [1.82, 2.24) is 10.2 Å². The Kier molecular flexibility index (Phi) is 7.37. The van der Waals surface area contributed by atoms with Crippen LogP contribution in [0.15, 0.2) is 0 Å². The monoisotopic (exact) mass is 280 g/mol. The van der Waals surface area contributed by atoms with Crippen LogP contribution in [-0.4, -0.2) is 37.6 Å². The SMILES string of the molecule is CCNCC1(CN2CCCCCCC2)CCCCCC1. The molecule has 1 N–H and O–H groups in total. The van der Waals surface area contributed by atoms with Gasteiger partial charge in [0.05, 0.1) is 0 Å². The Morgan fingerprint density at radius 3 is 1.95 bits per heavy atom. The summed E-state index contributed by atoms with van der Waals surface area (Å²) in [6, 6.07) is 0. The van der Waals surface area contributed by atoms with Gasteiger partial charge in [0.1, 0.15) is 0 Å². The fraction of sp³-hybridized carbons (Fsp3) is 1.00. The van der Waals surface area contributed by atoms with Crippen LogP contribution in [0.4, 0.5) is 0 Å². The largest absolute Gasteiger partial charge is 0.316 e. The van der Waals surface area contributed by atoms with Gasteiger partial charge in [-0.3, -0.25) is 0 Å². The van der Waals surface area contributed by atoms with Crippen LogP contribution in [-0.2, 0) is 0 Å². The van der Waals surface area contributed by atoms with Crippen molar-refractivity contribution in [3.8, 4) is 0 Å². The predicted molar refractivity (Wildman–Crippen MR) is 88.2 cm³/mol. The zero-order valence-electron chi connectivity index (χ0n) is 13.8. The van der Waals surface area contributed by atoms with E-state index in [2.05, 4.69) is 17.1 Å². The van der Waals surface area contributed by atoms with E-state index >= 15 is 0 Å². The number of nitrogens with one attached hydrogen (secondary N) is 1. The van der Waals surface area contributed by atoms with E-state index in [1.54, 1.807) is 0 Å². The van der Waals surface area contributed by atoms with Crippen LogP contribution in [0.25, 0.3) is 0 Å². The third-order valence-corrected chi connectivity index (χ3v) is 5.42. The number of likely N-dealkylation sites (tertiary alicyclic amines) is 1. The minimum atomic E-state index is 0.575. The van der Waals surface area contributed by atoms with E-state index in [-0.39, 0.29) is 0 Å². The molecule has 1 saturated carbocycles. The fourth-order valence-electron chi connectivity index (χ4n) is 4.20. The van der Waals surface area contributed by atoms with Gasteiger partial charge in [-0.2, -0.15) is 0 Å². The summed E-state index contributed by atoms with van der Waals surface area (Å²) in [7, 11) is 0. The van der Waals surface area contributed by atoms with Crippen molar-refractivity contribution in [1.29, 1.82) is 0 Å². The highest BCUT2D eigenvalue weighted by molar-refractivity contribution is 4.87. The number of hydrogen-bond acceptors (Lipinski definition) is 2. The van der Waals surface area contributed by atoms with Crippen molar-refractivity contribution in [2.45, 2.75) is 77.6 Å². The Bertz CT molecular complexity index is 236. The summed E-state index contributed by atoms with van der Waals surface area (Å²) in [6.07, 6.45) is 16.0. The summed E-state index contributed by atoms with van der Waals surface area (Å²) < 4.78 is 0. The molecule has 0 atom stereocenters. The summed E-state index contributed by atoms with van der Waals surface area (Å²) in [5.74, 6) is 0. The summed E-state index contributed by atoms with van der Waals surface area (Å²) in [5.41, 5.74) is 0.575. The van der Waals surface area contributed by atoms with Crippen LogP contribution in [0, 0.1) is 5.41 Å². The maximum Gasteiger partial charge on any atom is 0.00501 e. The highest BCUT2D eigenvalue weighted by atomic mass is 15.1. The van der Waals surface area contributed by atoms with Gasteiger partial charge in [0.15, 0.2) is 0 Å². The fourth-order valence-corrected chi connectivity index (χ4v) is 4.20. The van der Waals surface area contributed by atoms with Crippen LogP contribution in [0.3, 0.4) is 0 Å². The molecule has 0 radical (unpaired) electrons. The summed E-state index contributed by atoms with van der Waals surface area (Å²) >= 11 is 0. The first kappa shape index (κ1) is 16.3. The van der Waals surface area contributed by atoms with Gasteiger partial charge in [-0.1, -0.05) is 51.9 Å². The second-order valence-corrected chi connectivity index (χ2v) is 7.24. The average Bonchev–Trinajstić information content (AvgIpc) is 2.66. The van der Waals surface area contributed by atoms with E-state index in [9.17, 15) is 0 Å². The van der Waals surface area contributed by atoms with Crippen molar-refractivity contribution in [3.05, 3.63) is 0 Å². The Balaban J connectivity index is 1.93. The molecule has 2 rings (SSSR count). The lowest BCUT2D eigenvalue weighted by Gasteiger charge is -2.39. The third-order valence-electron chi connectivity index (χ3n) is 5.42. The van der Waals surface area contributed by atoms with E-state index < -0.39 is 0 Å². The molecule has 2 fully saturated rings. The summed E-state index contributed by atoms with van der Waals surface area (Å²) in [4.78, 5) is 2.81. The van der Waals surface area contributed by atoms with Gasteiger partial charge in [0.2, 0.25) is 0 Å². The summed E-state index contributed by atoms with van der Waals surface area (Å²) in [5, 5.41) is 3.68. The van der Waals surface area contributed by atoms with Crippen molar-refractivity contribution in [2.24, 2.45) is 5.41 Å². The van der Waals surface area contributed by atoms with E-state index in [4.69, 9.17) is 0 Å². The van der Waals surface area contributed by atoms with Gasteiger partial charge >= 0.3 is 0 Å². The molecule has 0 aromatic carbocycles. The standard InChI is InChI=1S/C18H36N2/c1-2-19-16-18(12-8-4-5-9-13-18)17-20-14-10-6-3-7-11-15-20/h19H,2-17H2,1H3. The molecule has 0 aromatic rings.